The van der Waals surface area contributed by atoms with Gasteiger partial charge >= 0.3 is 0 Å². The van der Waals surface area contributed by atoms with Gasteiger partial charge in [0.2, 0.25) is 0 Å². The second-order valence-corrected chi connectivity index (χ2v) is 9.62. The van der Waals surface area contributed by atoms with Crippen molar-refractivity contribution in [1.29, 1.82) is 0 Å². The Kier molecular flexibility index (Phi) is 7.91. The topological polar surface area (TPSA) is 94.1 Å². The van der Waals surface area contributed by atoms with Gasteiger partial charge < -0.3 is 10.6 Å². The summed E-state index contributed by atoms with van der Waals surface area (Å²) in [5.74, 6) is -0.0708. The molecule has 1 amide bonds. The van der Waals surface area contributed by atoms with E-state index in [0.717, 1.165) is 5.56 Å². The van der Waals surface area contributed by atoms with Crippen LogP contribution in [0.2, 0.25) is 0 Å². The molecule has 0 radical (unpaired) electrons. The van der Waals surface area contributed by atoms with Crippen LogP contribution in [-0.2, 0) is 6.54 Å². The fourth-order valence-electron chi connectivity index (χ4n) is 4.37. The number of nitrogens with zero attached hydrogens (tertiary/aromatic N) is 4. The molecule has 188 valence electrons. The van der Waals surface area contributed by atoms with Crippen molar-refractivity contribution in [3.63, 3.8) is 0 Å². The fourth-order valence-corrected chi connectivity index (χ4v) is 5.15. The van der Waals surface area contributed by atoms with E-state index in [9.17, 15) is 14.0 Å². The van der Waals surface area contributed by atoms with Gasteiger partial charge in [0.25, 0.3) is 11.5 Å². The van der Waals surface area contributed by atoms with E-state index in [1.54, 1.807) is 28.5 Å². The number of nitrogens with two attached hydrogens (primary N) is 1. The number of carbonyl (C=O) groups is 1. The van der Waals surface area contributed by atoms with Crippen LogP contribution < -0.4 is 11.3 Å². The lowest BCUT2D eigenvalue weighted by atomic mass is 10.1. The average molecular weight is 508 g/mol. The molecule has 4 aromatic rings. The monoisotopic (exact) mass is 507 g/mol. The normalized spacial score (nSPS) is 12.1. The Bertz CT molecular complexity index is 1430. The van der Waals surface area contributed by atoms with E-state index in [0.29, 0.717) is 58.8 Å². The molecule has 4 rings (SSSR count). The molecule has 2 aromatic heterocycles. The lowest BCUT2D eigenvalue weighted by molar-refractivity contribution is 0.0656. The molecule has 7 nitrogen and oxygen atoms in total. The van der Waals surface area contributed by atoms with Gasteiger partial charge in [0.05, 0.1) is 23.7 Å². The number of hydrogen-bond donors (Lipinski definition) is 1. The summed E-state index contributed by atoms with van der Waals surface area (Å²) in [5.41, 5.74) is 8.43. The van der Waals surface area contributed by atoms with Crippen LogP contribution in [0.3, 0.4) is 0 Å². The molecule has 0 aliphatic rings. The van der Waals surface area contributed by atoms with Crippen LogP contribution in [0.25, 0.3) is 10.2 Å². The molecule has 0 saturated carbocycles. The largest absolute Gasteiger partial charge is 0.330 e. The maximum atomic E-state index is 14.0. The van der Waals surface area contributed by atoms with Crippen molar-refractivity contribution in [3.8, 4) is 0 Å². The smallest absolute Gasteiger partial charge is 0.264 e. The zero-order valence-electron chi connectivity index (χ0n) is 20.7. The number of amides is 1. The molecule has 0 aliphatic carbocycles. The number of carbonyl (C=O) groups excluding carboxylic acids is 1. The Morgan fingerprint density at radius 1 is 1.19 bits per heavy atom. The maximum absolute atomic E-state index is 14.0. The van der Waals surface area contributed by atoms with Crippen molar-refractivity contribution >= 4 is 27.7 Å². The van der Waals surface area contributed by atoms with Crippen LogP contribution in [0.15, 0.2) is 53.3 Å². The molecule has 1 atom stereocenters. The van der Waals surface area contributed by atoms with Crippen LogP contribution in [0.4, 0.5) is 4.39 Å². The molecule has 2 aromatic carbocycles. The van der Waals surface area contributed by atoms with Crippen molar-refractivity contribution in [2.75, 3.05) is 13.1 Å². The third-order valence-electron chi connectivity index (χ3n) is 6.25. The van der Waals surface area contributed by atoms with Crippen molar-refractivity contribution in [2.24, 2.45) is 5.73 Å². The van der Waals surface area contributed by atoms with Crippen molar-refractivity contribution in [1.82, 2.24) is 18.8 Å². The second-order valence-electron chi connectivity index (χ2n) is 8.87. The van der Waals surface area contributed by atoms with Crippen LogP contribution in [0, 0.1) is 19.7 Å². The van der Waals surface area contributed by atoms with Gasteiger partial charge in [-0.05, 0) is 74.6 Å². The molecular formula is C27H30FN5O2S. The molecule has 0 saturated heterocycles. The van der Waals surface area contributed by atoms with Gasteiger partial charge in [-0.25, -0.2) is 9.37 Å². The van der Waals surface area contributed by atoms with E-state index < -0.39 is 6.04 Å². The Balaban J connectivity index is 1.87. The number of aryl methyl sites for hydroxylation is 2. The Hall–Kier alpha value is -3.43. The molecule has 2 heterocycles. The number of halogens is 1. The first-order valence-electron chi connectivity index (χ1n) is 12.0. The van der Waals surface area contributed by atoms with Gasteiger partial charge in [-0.2, -0.15) is 4.37 Å². The first kappa shape index (κ1) is 25.7. The van der Waals surface area contributed by atoms with Gasteiger partial charge in [0.1, 0.15) is 11.6 Å². The summed E-state index contributed by atoms with van der Waals surface area (Å²) in [7, 11) is 0. The molecular weight excluding hydrogens is 477 g/mol. The first-order chi connectivity index (χ1) is 17.3. The summed E-state index contributed by atoms with van der Waals surface area (Å²) >= 11 is 1.17. The molecule has 9 heteroatoms. The molecule has 0 bridgehead atoms. The lowest BCUT2D eigenvalue weighted by Gasteiger charge is -2.32. The highest BCUT2D eigenvalue weighted by molar-refractivity contribution is 7.12. The summed E-state index contributed by atoms with van der Waals surface area (Å²) in [4.78, 5) is 34.6. The summed E-state index contributed by atoms with van der Waals surface area (Å²) in [6.45, 7) is 6.67. The zero-order valence-corrected chi connectivity index (χ0v) is 21.5. The predicted octanol–water partition coefficient (Wildman–Crippen LogP) is 4.60. The Labute approximate surface area is 213 Å². The van der Waals surface area contributed by atoms with Crippen LogP contribution in [0.1, 0.15) is 58.8 Å². The van der Waals surface area contributed by atoms with Crippen molar-refractivity contribution in [2.45, 2.75) is 46.2 Å². The second kappa shape index (κ2) is 11.1. The molecule has 2 N–H and O–H groups in total. The van der Waals surface area contributed by atoms with E-state index in [1.807, 2.05) is 38.1 Å². The predicted molar refractivity (Wildman–Crippen MR) is 141 cm³/mol. The number of aromatic nitrogens is 3. The van der Waals surface area contributed by atoms with E-state index in [4.69, 9.17) is 10.7 Å². The third kappa shape index (κ3) is 5.22. The number of fused-ring (bicyclic) bond motifs is 1. The quantitative estimate of drug-likeness (QED) is 0.357. The highest BCUT2D eigenvalue weighted by Crippen LogP contribution is 2.28. The standard InChI is InChI=1S/C27H30FN5O2S/c1-4-22(32(14-6-13-29)26(34)20-11-9-17(2)10-12-20)24-30-25-23(18(3)31-36-25)27(35)33(24)16-19-7-5-8-21(28)15-19/h5,7-12,15,22H,4,6,13-14,16,29H2,1-3H3/t22-/m1/s1. The summed E-state index contributed by atoms with van der Waals surface area (Å²) in [5, 5.41) is 0.452. The lowest BCUT2D eigenvalue weighted by Crippen LogP contribution is -2.40. The van der Waals surface area contributed by atoms with Crippen molar-refractivity contribution in [3.05, 3.63) is 92.9 Å². The van der Waals surface area contributed by atoms with Gasteiger partial charge in [0.15, 0.2) is 4.83 Å². The molecule has 0 aliphatic heterocycles. The van der Waals surface area contributed by atoms with E-state index in [2.05, 4.69) is 4.37 Å². The number of rotatable bonds is 9. The Morgan fingerprint density at radius 3 is 2.61 bits per heavy atom. The van der Waals surface area contributed by atoms with Gasteiger partial charge in [-0.15, -0.1) is 0 Å². The minimum absolute atomic E-state index is 0.129. The van der Waals surface area contributed by atoms with E-state index >= 15 is 0 Å². The number of hydrogen-bond acceptors (Lipinski definition) is 6. The average Bonchev–Trinajstić information content (AvgIpc) is 3.24. The molecule has 0 unspecified atom stereocenters. The summed E-state index contributed by atoms with van der Waals surface area (Å²) in [6.07, 6.45) is 1.13. The summed E-state index contributed by atoms with van der Waals surface area (Å²) in [6, 6.07) is 13.1. The first-order valence-corrected chi connectivity index (χ1v) is 12.8. The highest BCUT2D eigenvalue weighted by Gasteiger charge is 2.30. The van der Waals surface area contributed by atoms with Crippen molar-refractivity contribution < 1.29 is 9.18 Å². The minimum Gasteiger partial charge on any atom is -0.330 e. The van der Waals surface area contributed by atoms with E-state index in [1.165, 1.54) is 23.7 Å². The SMILES string of the molecule is CC[C@H](c1nc2snc(C)c2c(=O)n1Cc1cccc(F)c1)N(CCCN)C(=O)c1ccc(C)cc1. The van der Waals surface area contributed by atoms with Gasteiger partial charge in [-0.3, -0.25) is 14.2 Å². The van der Waals surface area contributed by atoms with Crippen LogP contribution >= 0.6 is 11.5 Å². The summed E-state index contributed by atoms with van der Waals surface area (Å²) < 4.78 is 19.9. The number of benzene rings is 2. The van der Waals surface area contributed by atoms with Gasteiger partial charge in [0, 0.05) is 12.1 Å². The molecule has 0 spiro atoms. The van der Waals surface area contributed by atoms with E-state index in [-0.39, 0.29) is 23.8 Å². The fraction of sp³-hybridized carbons (Fsp3) is 0.333. The highest BCUT2D eigenvalue weighted by atomic mass is 32.1. The van der Waals surface area contributed by atoms with Gasteiger partial charge in [-0.1, -0.05) is 36.8 Å². The maximum Gasteiger partial charge on any atom is 0.264 e. The van der Waals surface area contributed by atoms with Crippen LogP contribution in [0.5, 0.6) is 0 Å². The van der Waals surface area contributed by atoms with Crippen LogP contribution in [-0.4, -0.2) is 37.8 Å². The zero-order chi connectivity index (χ0) is 25.8. The Morgan fingerprint density at radius 2 is 1.94 bits per heavy atom. The molecule has 0 fully saturated rings. The molecule has 36 heavy (non-hydrogen) atoms. The minimum atomic E-state index is -0.488. The third-order valence-corrected chi connectivity index (χ3v) is 7.08.